The highest BCUT2D eigenvalue weighted by Crippen LogP contribution is 2.28. The van der Waals surface area contributed by atoms with Crippen molar-refractivity contribution in [1.29, 1.82) is 0 Å². The van der Waals surface area contributed by atoms with Crippen LogP contribution in [0.3, 0.4) is 0 Å². The Morgan fingerprint density at radius 3 is 2.93 bits per heavy atom. The Hall–Kier alpha value is -1.42. The van der Waals surface area contributed by atoms with Crippen molar-refractivity contribution in [2.24, 2.45) is 0 Å². The van der Waals surface area contributed by atoms with Crippen LogP contribution in [0.1, 0.15) is 18.0 Å². The molecule has 15 heavy (non-hydrogen) atoms. The number of para-hydroxylation sites is 1. The molecule has 1 aliphatic heterocycles. The molecule has 0 fully saturated rings. The van der Waals surface area contributed by atoms with Crippen molar-refractivity contribution in [3.05, 3.63) is 29.8 Å². The van der Waals surface area contributed by atoms with Crippen molar-refractivity contribution >= 4 is 24.2 Å². The molecule has 0 radical (unpaired) electrons. The van der Waals surface area contributed by atoms with E-state index in [1.54, 1.807) is 0 Å². The number of amides is 1. The Kier molecular flexibility index (Phi) is 3.80. The summed E-state index contributed by atoms with van der Waals surface area (Å²) in [5, 5.41) is 14.4. The quantitative estimate of drug-likeness (QED) is 0.691. The molecule has 1 heterocycles. The first kappa shape index (κ1) is 11.7. The Bertz CT molecular complexity index is 357. The SMILES string of the molecule is Cl.O=C(O)NC1CCNc2ccccc21. The van der Waals surface area contributed by atoms with Crippen LogP contribution in [0.15, 0.2) is 24.3 Å². The third-order valence-corrected chi connectivity index (χ3v) is 2.38. The molecule has 0 aromatic heterocycles. The zero-order valence-electron chi connectivity index (χ0n) is 8.06. The minimum Gasteiger partial charge on any atom is -0.465 e. The zero-order valence-corrected chi connectivity index (χ0v) is 8.88. The molecule has 0 aliphatic carbocycles. The summed E-state index contributed by atoms with van der Waals surface area (Å²) < 4.78 is 0. The second kappa shape index (κ2) is 4.89. The lowest BCUT2D eigenvalue weighted by atomic mass is 9.98. The summed E-state index contributed by atoms with van der Waals surface area (Å²) >= 11 is 0. The van der Waals surface area contributed by atoms with E-state index in [4.69, 9.17) is 5.11 Å². The maximum atomic E-state index is 10.5. The molecule has 1 atom stereocenters. The number of anilines is 1. The molecular weight excluding hydrogens is 216 g/mol. The van der Waals surface area contributed by atoms with Crippen LogP contribution >= 0.6 is 12.4 Å². The van der Waals surface area contributed by atoms with Crippen molar-refractivity contribution in [1.82, 2.24) is 5.32 Å². The summed E-state index contributed by atoms with van der Waals surface area (Å²) in [7, 11) is 0. The van der Waals surface area contributed by atoms with Crippen LogP contribution in [-0.4, -0.2) is 17.7 Å². The molecule has 1 aromatic rings. The summed E-state index contributed by atoms with van der Waals surface area (Å²) in [6.45, 7) is 0.808. The molecule has 2 rings (SSSR count). The monoisotopic (exact) mass is 228 g/mol. The van der Waals surface area contributed by atoms with Crippen LogP contribution in [0.5, 0.6) is 0 Å². The first-order chi connectivity index (χ1) is 6.77. The molecule has 0 saturated carbocycles. The molecular formula is C10H13ClN2O2. The smallest absolute Gasteiger partial charge is 0.405 e. The molecule has 3 N–H and O–H groups in total. The summed E-state index contributed by atoms with van der Waals surface area (Å²) in [4.78, 5) is 10.5. The third-order valence-electron chi connectivity index (χ3n) is 2.38. The van der Waals surface area contributed by atoms with Gasteiger partial charge in [-0.1, -0.05) is 18.2 Å². The average molecular weight is 229 g/mol. The van der Waals surface area contributed by atoms with Crippen LogP contribution in [0.2, 0.25) is 0 Å². The van der Waals surface area contributed by atoms with E-state index >= 15 is 0 Å². The Labute approximate surface area is 94.1 Å². The molecule has 1 aliphatic rings. The standard InChI is InChI=1S/C10H12N2O2.ClH/c13-10(14)12-9-5-6-11-8-4-2-1-3-7(8)9;/h1-4,9,11-12H,5-6H2,(H,13,14);1H. The Balaban J connectivity index is 0.00000112. The highest BCUT2D eigenvalue weighted by molar-refractivity contribution is 5.85. The number of carbonyl (C=O) groups is 1. The lowest BCUT2D eigenvalue weighted by Crippen LogP contribution is -2.31. The van der Waals surface area contributed by atoms with Crippen molar-refractivity contribution in [3.63, 3.8) is 0 Å². The summed E-state index contributed by atoms with van der Waals surface area (Å²) in [5.74, 6) is 0. The van der Waals surface area contributed by atoms with E-state index in [1.165, 1.54) is 0 Å². The molecule has 82 valence electrons. The summed E-state index contributed by atoms with van der Waals surface area (Å²) in [6, 6.07) is 7.69. The predicted molar refractivity (Wildman–Crippen MR) is 60.7 cm³/mol. The third kappa shape index (κ3) is 2.53. The molecule has 1 unspecified atom stereocenters. The van der Waals surface area contributed by atoms with Gasteiger partial charge in [0.1, 0.15) is 0 Å². The minimum absolute atomic E-state index is 0. The summed E-state index contributed by atoms with van der Waals surface area (Å²) in [6.07, 6.45) is -0.171. The second-order valence-electron chi connectivity index (χ2n) is 3.30. The zero-order chi connectivity index (χ0) is 9.97. The maximum Gasteiger partial charge on any atom is 0.405 e. The Morgan fingerprint density at radius 2 is 2.20 bits per heavy atom. The van der Waals surface area contributed by atoms with E-state index in [-0.39, 0.29) is 18.4 Å². The van der Waals surface area contributed by atoms with E-state index < -0.39 is 6.09 Å². The number of nitrogens with one attached hydrogen (secondary N) is 2. The number of hydrogen-bond acceptors (Lipinski definition) is 2. The van der Waals surface area contributed by atoms with Crippen LogP contribution < -0.4 is 10.6 Å². The van der Waals surface area contributed by atoms with Crippen LogP contribution in [0.25, 0.3) is 0 Å². The van der Waals surface area contributed by atoms with Gasteiger partial charge in [-0.3, -0.25) is 0 Å². The molecule has 1 aromatic carbocycles. The first-order valence-electron chi connectivity index (χ1n) is 4.59. The van der Waals surface area contributed by atoms with Gasteiger partial charge >= 0.3 is 6.09 Å². The van der Waals surface area contributed by atoms with Crippen LogP contribution in [-0.2, 0) is 0 Å². The Morgan fingerprint density at radius 1 is 1.47 bits per heavy atom. The van der Waals surface area contributed by atoms with Gasteiger partial charge in [-0.05, 0) is 18.1 Å². The normalized spacial score (nSPS) is 18.0. The molecule has 5 heteroatoms. The fraction of sp³-hybridized carbons (Fsp3) is 0.300. The fourth-order valence-electron chi connectivity index (χ4n) is 1.77. The van der Waals surface area contributed by atoms with Crippen LogP contribution in [0, 0.1) is 0 Å². The van der Waals surface area contributed by atoms with Gasteiger partial charge in [0, 0.05) is 12.2 Å². The number of carboxylic acid groups (broad SMARTS) is 1. The van der Waals surface area contributed by atoms with Crippen molar-refractivity contribution < 1.29 is 9.90 Å². The molecule has 1 amide bonds. The van der Waals surface area contributed by atoms with Gasteiger partial charge in [-0.25, -0.2) is 4.79 Å². The van der Waals surface area contributed by atoms with Gasteiger partial charge in [0.2, 0.25) is 0 Å². The number of hydrogen-bond donors (Lipinski definition) is 3. The lowest BCUT2D eigenvalue weighted by molar-refractivity contribution is 0.189. The highest BCUT2D eigenvalue weighted by Gasteiger charge is 2.20. The van der Waals surface area contributed by atoms with Crippen LogP contribution in [0.4, 0.5) is 10.5 Å². The lowest BCUT2D eigenvalue weighted by Gasteiger charge is -2.26. The van der Waals surface area contributed by atoms with E-state index in [1.807, 2.05) is 24.3 Å². The molecule has 4 nitrogen and oxygen atoms in total. The first-order valence-corrected chi connectivity index (χ1v) is 4.59. The van der Waals surface area contributed by atoms with E-state index in [0.717, 1.165) is 24.2 Å². The highest BCUT2D eigenvalue weighted by atomic mass is 35.5. The van der Waals surface area contributed by atoms with E-state index in [9.17, 15) is 4.79 Å². The van der Waals surface area contributed by atoms with Gasteiger partial charge < -0.3 is 15.7 Å². The molecule has 0 saturated heterocycles. The average Bonchev–Trinajstić information content (AvgIpc) is 2.18. The molecule has 0 bridgehead atoms. The minimum atomic E-state index is -0.966. The molecule has 0 spiro atoms. The van der Waals surface area contributed by atoms with Crippen molar-refractivity contribution in [3.8, 4) is 0 Å². The van der Waals surface area contributed by atoms with Gasteiger partial charge in [-0.2, -0.15) is 0 Å². The van der Waals surface area contributed by atoms with Crippen molar-refractivity contribution in [2.45, 2.75) is 12.5 Å². The van der Waals surface area contributed by atoms with Gasteiger partial charge in [0.25, 0.3) is 0 Å². The topological polar surface area (TPSA) is 61.4 Å². The van der Waals surface area contributed by atoms with E-state index in [2.05, 4.69) is 10.6 Å². The number of rotatable bonds is 1. The van der Waals surface area contributed by atoms with Crippen molar-refractivity contribution in [2.75, 3.05) is 11.9 Å². The number of fused-ring (bicyclic) bond motifs is 1. The van der Waals surface area contributed by atoms with Gasteiger partial charge in [-0.15, -0.1) is 12.4 Å². The van der Waals surface area contributed by atoms with Gasteiger partial charge in [0.15, 0.2) is 0 Å². The second-order valence-corrected chi connectivity index (χ2v) is 3.30. The predicted octanol–water partition coefficient (Wildman–Crippen LogP) is 2.23. The van der Waals surface area contributed by atoms with E-state index in [0.29, 0.717) is 0 Å². The number of halogens is 1. The van der Waals surface area contributed by atoms with Gasteiger partial charge in [0.05, 0.1) is 6.04 Å². The summed E-state index contributed by atoms with van der Waals surface area (Å²) in [5.41, 5.74) is 2.05. The number of benzene rings is 1. The largest absolute Gasteiger partial charge is 0.465 e. The maximum absolute atomic E-state index is 10.5. The fourth-order valence-corrected chi connectivity index (χ4v) is 1.77.